The van der Waals surface area contributed by atoms with E-state index in [2.05, 4.69) is 10.6 Å². The van der Waals surface area contributed by atoms with E-state index in [4.69, 9.17) is 9.47 Å². The third-order valence-electron chi connectivity index (χ3n) is 5.48. The van der Waals surface area contributed by atoms with Crippen molar-refractivity contribution in [1.29, 1.82) is 0 Å². The van der Waals surface area contributed by atoms with Crippen LogP contribution in [0.1, 0.15) is 51.9 Å². The standard InChI is InChI=1S/C17H32N2O3.ClH/c1-3-22-13-10-16(6-4-5-7-16)14-19-15(20)17(21-2)8-11-18-12-9-17;/h18H,3-14H2,1-2H3,(H,19,20);1H. The Balaban J connectivity index is 0.00000264. The number of carbonyl (C=O) groups is 1. The average molecular weight is 349 g/mol. The maximum atomic E-state index is 12.7. The normalized spacial score (nSPS) is 22.3. The number of piperidine rings is 1. The summed E-state index contributed by atoms with van der Waals surface area (Å²) in [5.41, 5.74) is -0.405. The van der Waals surface area contributed by atoms with Gasteiger partial charge in [-0.2, -0.15) is 0 Å². The molecule has 2 fully saturated rings. The summed E-state index contributed by atoms with van der Waals surface area (Å²) in [6, 6.07) is 0. The minimum absolute atomic E-state index is 0. The van der Waals surface area contributed by atoms with Crippen LogP contribution < -0.4 is 10.6 Å². The topological polar surface area (TPSA) is 59.6 Å². The molecule has 1 amide bonds. The zero-order valence-electron chi connectivity index (χ0n) is 14.6. The van der Waals surface area contributed by atoms with Crippen LogP contribution in [-0.2, 0) is 14.3 Å². The largest absolute Gasteiger partial charge is 0.382 e. The molecule has 1 heterocycles. The molecule has 0 unspecified atom stereocenters. The smallest absolute Gasteiger partial charge is 0.252 e. The van der Waals surface area contributed by atoms with Crippen LogP contribution in [0.5, 0.6) is 0 Å². The van der Waals surface area contributed by atoms with E-state index in [0.717, 1.165) is 52.1 Å². The molecule has 23 heavy (non-hydrogen) atoms. The van der Waals surface area contributed by atoms with Crippen LogP contribution >= 0.6 is 12.4 Å². The minimum Gasteiger partial charge on any atom is -0.382 e. The van der Waals surface area contributed by atoms with Crippen LogP contribution in [0.2, 0.25) is 0 Å². The molecule has 0 radical (unpaired) electrons. The maximum Gasteiger partial charge on any atom is 0.252 e. The average Bonchev–Trinajstić information content (AvgIpc) is 3.02. The van der Waals surface area contributed by atoms with Gasteiger partial charge in [0.15, 0.2) is 0 Å². The first kappa shape index (κ1) is 20.7. The van der Waals surface area contributed by atoms with Gasteiger partial charge in [-0.15, -0.1) is 12.4 Å². The van der Waals surface area contributed by atoms with Crippen LogP contribution in [0.4, 0.5) is 0 Å². The van der Waals surface area contributed by atoms with Crippen molar-refractivity contribution in [2.24, 2.45) is 5.41 Å². The summed E-state index contributed by atoms with van der Waals surface area (Å²) >= 11 is 0. The summed E-state index contributed by atoms with van der Waals surface area (Å²) in [4.78, 5) is 12.7. The van der Waals surface area contributed by atoms with Gasteiger partial charge < -0.3 is 20.1 Å². The van der Waals surface area contributed by atoms with Crippen molar-refractivity contribution >= 4 is 18.3 Å². The Labute approximate surface area is 146 Å². The first-order chi connectivity index (χ1) is 10.7. The van der Waals surface area contributed by atoms with Crippen molar-refractivity contribution in [3.05, 3.63) is 0 Å². The van der Waals surface area contributed by atoms with Gasteiger partial charge in [0.05, 0.1) is 0 Å². The molecule has 2 aliphatic rings. The number of halogens is 1. The monoisotopic (exact) mass is 348 g/mol. The molecule has 1 saturated heterocycles. The van der Waals surface area contributed by atoms with Crippen molar-refractivity contribution in [1.82, 2.24) is 10.6 Å². The molecule has 1 aliphatic heterocycles. The zero-order valence-corrected chi connectivity index (χ0v) is 15.4. The van der Waals surface area contributed by atoms with Gasteiger partial charge in [0, 0.05) is 26.9 Å². The Morgan fingerprint density at radius 1 is 1.17 bits per heavy atom. The number of methoxy groups -OCH3 is 1. The molecule has 0 spiro atoms. The SMILES string of the molecule is CCOCCC1(CNC(=O)C2(OC)CCNCC2)CCCC1.Cl. The summed E-state index contributed by atoms with van der Waals surface area (Å²) in [5.74, 6) is 0.0687. The third kappa shape index (κ3) is 5.31. The maximum absolute atomic E-state index is 12.7. The van der Waals surface area contributed by atoms with Gasteiger partial charge in [-0.3, -0.25) is 4.79 Å². The van der Waals surface area contributed by atoms with Gasteiger partial charge >= 0.3 is 0 Å². The lowest BCUT2D eigenvalue weighted by atomic mass is 9.82. The van der Waals surface area contributed by atoms with Crippen molar-refractivity contribution in [3.63, 3.8) is 0 Å². The van der Waals surface area contributed by atoms with Crippen molar-refractivity contribution in [3.8, 4) is 0 Å². The second kappa shape index (κ2) is 9.82. The third-order valence-corrected chi connectivity index (χ3v) is 5.48. The first-order valence-electron chi connectivity index (χ1n) is 8.78. The lowest BCUT2D eigenvalue weighted by Crippen LogP contribution is -2.55. The molecule has 2 N–H and O–H groups in total. The van der Waals surface area contributed by atoms with Crippen molar-refractivity contribution < 1.29 is 14.3 Å². The predicted octanol–water partition coefficient (Wildman–Crippen LogP) is 2.28. The van der Waals surface area contributed by atoms with E-state index < -0.39 is 5.60 Å². The lowest BCUT2D eigenvalue weighted by Gasteiger charge is -2.37. The Hall–Kier alpha value is -0.360. The Bertz CT molecular complexity index is 354. The zero-order chi connectivity index (χ0) is 15.9. The van der Waals surface area contributed by atoms with Crippen molar-refractivity contribution in [2.45, 2.75) is 57.5 Å². The molecule has 0 aromatic carbocycles. The van der Waals surface area contributed by atoms with E-state index in [1.807, 2.05) is 6.92 Å². The number of nitrogens with one attached hydrogen (secondary N) is 2. The highest BCUT2D eigenvalue weighted by atomic mass is 35.5. The highest BCUT2D eigenvalue weighted by molar-refractivity contribution is 5.85. The molecule has 1 saturated carbocycles. The number of hydrogen-bond donors (Lipinski definition) is 2. The first-order valence-corrected chi connectivity index (χ1v) is 8.78. The van der Waals surface area contributed by atoms with E-state index in [0.29, 0.717) is 0 Å². The van der Waals surface area contributed by atoms with Crippen LogP contribution in [-0.4, -0.2) is 51.5 Å². The number of ether oxygens (including phenoxy) is 2. The van der Waals surface area contributed by atoms with Gasteiger partial charge in [0.1, 0.15) is 5.60 Å². The summed E-state index contributed by atoms with van der Waals surface area (Å²) in [5, 5.41) is 6.50. The molecule has 5 nitrogen and oxygen atoms in total. The molecule has 0 aromatic heterocycles. The van der Waals surface area contributed by atoms with Gasteiger partial charge in [-0.25, -0.2) is 0 Å². The number of hydrogen-bond acceptors (Lipinski definition) is 4. The van der Waals surface area contributed by atoms with E-state index >= 15 is 0 Å². The van der Waals surface area contributed by atoms with Crippen LogP contribution in [0.25, 0.3) is 0 Å². The minimum atomic E-state index is -0.634. The quantitative estimate of drug-likeness (QED) is 0.661. The number of carbonyl (C=O) groups excluding carboxylic acids is 1. The Morgan fingerprint density at radius 2 is 1.83 bits per heavy atom. The van der Waals surface area contributed by atoms with Gasteiger partial charge in [0.25, 0.3) is 5.91 Å². The highest BCUT2D eigenvalue weighted by Crippen LogP contribution is 2.40. The summed E-state index contributed by atoms with van der Waals surface area (Å²) in [7, 11) is 1.66. The van der Waals surface area contributed by atoms with Crippen molar-refractivity contribution in [2.75, 3.05) is 40.0 Å². The van der Waals surface area contributed by atoms with Crippen LogP contribution in [0.15, 0.2) is 0 Å². The van der Waals surface area contributed by atoms with E-state index in [1.165, 1.54) is 25.7 Å². The second-order valence-electron chi connectivity index (χ2n) is 6.79. The summed E-state index contributed by atoms with van der Waals surface area (Å²) in [6.07, 6.45) is 7.47. The highest BCUT2D eigenvalue weighted by Gasteiger charge is 2.41. The molecular weight excluding hydrogens is 316 g/mol. The Morgan fingerprint density at radius 3 is 2.39 bits per heavy atom. The molecule has 1 aliphatic carbocycles. The summed E-state index contributed by atoms with van der Waals surface area (Å²) in [6.45, 7) is 6.04. The van der Waals surface area contributed by atoms with E-state index in [1.54, 1.807) is 7.11 Å². The molecule has 2 rings (SSSR count). The fourth-order valence-electron chi connectivity index (χ4n) is 3.86. The Kier molecular flexibility index (Phi) is 8.83. The number of amides is 1. The van der Waals surface area contributed by atoms with Crippen LogP contribution in [0.3, 0.4) is 0 Å². The van der Waals surface area contributed by atoms with Gasteiger partial charge in [-0.05, 0) is 57.5 Å². The molecular formula is C17H33ClN2O3. The van der Waals surface area contributed by atoms with E-state index in [-0.39, 0.29) is 23.7 Å². The summed E-state index contributed by atoms with van der Waals surface area (Å²) < 4.78 is 11.1. The van der Waals surface area contributed by atoms with Gasteiger partial charge in [0.2, 0.25) is 0 Å². The molecule has 136 valence electrons. The van der Waals surface area contributed by atoms with E-state index in [9.17, 15) is 4.79 Å². The predicted molar refractivity (Wildman–Crippen MR) is 94.1 cm³/mol. The fraction of sp³-hybridized carbons (Fsp3) is 0.941. The fourth-order valence-corrected chi connectivity index (χ4v) is 3.86. The molecule has 0 atom stereocenters. The molecule has 6 heteroatoms. The number of rotatable bonds is 8. The second-order valence-corrected chi connectivity index (χ2v) is 6.79. The molecule has 0 bridgehead atoms. The van der Waals surface area contributed by atoms with Gasteiger partial charge in [-0.1, -0.05) is 12.8 Å². The molecule has 0 aromatic rings. The lowest BCUT2D eigenvalue weighted by molar-refractivity contribution is -0.147. The van der Waals surface area contributed by atoms with Crippen LogP contribution in [0, 0.1) is 5.41 Å².